The highest BCUT2D eigenvalue weighted by Gasteiger charge is 2.17. The van der Waals surface area contributed by atoms with Gasteiger partial charge < -0.3 is 14.2 Å². The van der Waals surface area contributed by atoms with Crippen molar-refractivity contribution in [2.24, 2.45) is 0 Å². The summed E-state index contributed by atoms with van der Waals surface area (Å²) in [5, 5.41) is 0. The standard InChI is InChI=1S/C65H108O5/c1-4-7-10-13-16-19-22-25-28-31-33-35-37-40-43-46-49-52-55-58-64(66)69-62-63(61-68-60-57-54-51-48-45-42-39-30-27-24-21-18-15-12-9-6-3)70-65(67)59-56-53-50-47-44-41-38-36-34-32-29-26-23-20-17-14-11-8-5-2/h7,9-10,12,16-21,25-30,33,35,42,45,63H,4-6,8,11,13-15,22-24,31-32,34,36-41,43-44,46-62H2,1-3H3/b10-7-,12-9-,19-16-,20-17-,21-18-,28-25-,29-26-,30-27-,35-33-,45-42-. The fraction of sp³-hybridized carbons (Fsp3) is 0.662. The lowest BCUT2D eigenvalue weighted by Crippen LogP contribution is -2.30. The summed E-state index contributed by atoms with van der Waals surface area (Å²) >= 11 is 0. The van der Waals surface area contributed by atoms with Crippen molar-refractivity contribution in [3.05, 3.63) is 122 Å². The van der Waals surface area contributed by atoms with E-state index in [1.807, 2.05) is 0 Å². The minimum atomic E-state index is -0.571. The molecule has 0 spiro atoms. The summed E-state index contributed by atoms with van der Waals surface area (Å²) in [6, 6.07) is 0. The van der Waals surface area contributed by atoms with Crippen LogP contribution in [-0.2, 0) is 23.8 Å². The lowest BCUT2D eigenvalue weighted by atomic mass is 10.1. The zero-order valence-corrected chi connectivity index (χ0v) is 45.7. The Morgan fingerprint density at radius 3 is 1.03 bits per heavy atom. The highest BCUT2D eigenvalue weighted by atomic mass is 16.6. The first kappa shape index (κ1) is 66.3. The molecule has 0 aliphatic rings. The van der Waals surface area contributed by atoms with E-state index in [0.717, 1.165) is 128 Å². The summed E-state index contributed by atoms with van der Waals surface area (Å²) in [6.07, 6.45) is 83.6. The van der Waals surface area contributed by atoms with Gasteiger partial charge in [0.05, 0.1) is 6.61 Å². The number of ether oxygens (including phenoxy) is 3. The summed E-state index contributed by atoms with van der Waals surface area (Å²) in [6.45, 7) is 7.49. The van der Waals surface area contributed by atoms with Crippen molar-refractivity contribution in [2.45, 2.75) is 258 Å². The summed E-state index contributed by atoms with van der Waals surface area (Å²) in [5.41, 5.74) is 0. The van der Waals surface area contributed by atoms with Crippen LogP contribution in [-0.4, -0.2) is 37.9 Å². The van der Waals surface area contributed by atoms with Gasteiger partial charge in [-0.15, -0.1) is 0 Å². The molecular formula is C65H108O5. The van der Waals surface area contributed by atoms with Gasteiger partial charge in [-0.05, 0) is 128 Å². The molecule has 5 nitrogen and oxygen atoms in total. The van der Waals surface area contributed by atoms with Gasteiger partial charge in [0, 0.05) is 19.4 Å². The molecule has 0 saturated carbocycles. The van der Waals surface area contributed by atoms with Gasteiger partial charge in [0.25, 0.3) is 0 Å². The van der Waals surface area contributed by atoms with Crippen LogP contribution in [0.3, 0.4) is 0 Å². The van der Waals surface area contributed by atoms with Gasteiger partial charge in [-0.3, -0.25) is 9.59 Å². The van der Waals surface area contributed by atoms with Crippen molar-refractivity contribution in [3.63, 3.8) is 0 Å². The van der Waals surface area contributed by atoms with E-state index in [2.05, 4.69) is 142 Å². The number of esters is 2. The van der Waals surface area contributed by atoms with Crippen LogP contribution in [0.1, 0.15) is 252 Å². The first-order valence-electron chi connectivity index (χ1n) is 29.1. The van der Waals surface area contributed by atoms with Crippen LogP contribution >= 0.6 is 0 Å². The average Bonchev–Trinajstić information content (AvgIpc) is 3.36. The van der Waals surface area contributed by atoms with E-state index in [-0.39, 0.29) is 25.2 Å². The lowest BCUT2D eigenvalue weighted by molar-refractivity contribution is -0.163. The van der Waals surface area contributed by atoms with Gasteiger partial charge in [-0.1, -0.05) is 232 Å². The molecule has 1 unspecified atom stereocenters. The predicted octanol–water partition coefficient (Wildman–Crippen LogP) is 20.1. The topological polar surface area (TPSA) is 61.8 Å². The van der Waals surface area contributed by atoms with Crippen LogP contribution in [0, 0.1) is 0 Å². The molecule has 0 aliphatic carbocycles. The molecule has 0 rings (SSSR count). The van der Waals surface area contributed by atoms with E-state index in [4.69, 9.17) is 14.2 Å². The van der Waals surface area contributed by atoms with E-state index < -0.39 is 6.10 Å². The van der Waals surface area contributed by atoms with Crippen molar-refractivity contribution in [1.82, 2.24) is 0 Å². The van der Waals surface area contributed by atoms with Crippen LogP contribution in [0.4, 0.5) is 0 Å². The molecule has 0 bridgehead atoms. The molecule has 1 atom stereocenters. The number of carbonyl (C=O) groups excluding carboxylic acids is 2. The van der Waals surface area contributed by atoms with Crippen LogP contribution < -0.4 is 0 Å². The Bertz CT molecular complexity index is 1420. The van der Waals surface area contributed by atoms with E-state index >= 15 is 0 Å². The number of carbonyl (C=O) groups is 2. The minimum absolute atomic E-state index is 0.0561. The summed E-state index contributed by atoms with van der Waals surface area (Å²) in [7, 11) is 0. The first-order valence-corrected chi connectivity index (χ1v) is 29.1. The second-order valence-electron chi connectivity index (χ2n) is 18.8. The van der Waals surface area contributed by atoms with Gasteiger partial charge >= 0.3 is 11.9 Å². The van der Waals surface area contributed by atoms with E-state index in [1.165, 1.54) is 89.9 Å². The fourth-order valence-electron chi connectivity index (χ4n) is 7.70. The molecule has 0 radical (unpaired) electrons. The Balaban J connectivity index is 4.38. The number of unbranched alkanes of at least 4 members (excludes halogenated alkanes) is 21. The Labute approximate surface area is 433 Å². The highest BCUT2D eigenvalue weighted by molar-refractivity contribution is 5.70. The Kier molecular flexibility index (Phi) is 56.5. The summed E-state index contributed by atoms with van der Waals surface area (Å²) < 4.78 is 17.4. The van der Waals surface area contributed by atoms with Crippen molar-refractivity contribution >= 4 is 11.9 Å². The second kappa shape index (κ2) is 59.6. The molecular weight excluding hydrogens is 861 g/mol. The maximum Gasteiger partial charge on any atom is 0.306 e. The summed E-state index contributed by atoms with van der Waals surface area (Å²) in [4.78, 5) is 25.6. The van der Waals surface area contributed by atoms with Gasteiger partial charge in [-0.25, -0.2) is 0 Å². The normalized spacial score (nSPS) is 13.1. The van der Waals surface area contributed by atoms with E-state index in [1.54, 1.807) is 0 Å². The largest absolute Gasteiger partial charge is 0.462 e. The van der Waals surface area contributed by atoms with Crippen molar-refractivity contribution in [3.8, 4) is 0 Å². The SMILES string of the molecule is CC/C=C\C/C=C\C/C=C\C/C=C\CCCCCCCCC(=O)OCC(COCCCCC/C=C\C/C=C\C/C=C\C/C=C\CC)OC(=O)CCCCCCCCCCC/C=C\C/C=C\CCCCC. The molecule has 398 valence electrons. The third-order valence-electron chi connectivity index (χ3n) is 12.0. The Hall–Kier alpha value is -3.70. The maximum atomic E-state index is 12.9. The minimum Gasteiger partial charge on any atom is -0.462 e. The first-order chi connectivity index (χ1) is 34.6. The smallest absolute Gasteiger partial charge is 0.306 e. The van der Waals surface area contributed by atoms with Crippen LogP contribution in [0.5, 0.6) is 0 Å². The van der Waals surface area contributed by atoms with E-state index in [9.17, 15) is 9.59 Å². The van der Waals surface area contributed by atoms with Gasteiger partial charge in [0.15, 0.2) is 6.10 Å². The van der Waals surface area contributed by atoms with E-state index in [0.29, 0.717) is 19.4 Å². The van der Waals surface area contributed by atoms with Crippen LogP contribution in [0.15, 0.2) is 122 Å². The molecule has 0 fully saturated rings. The monoisotopic (exact) mass is 969 g/mol. The van der Waals surface area contributed by atoms with Crippen molar-refractivity contribution < 1.29 is 23.8 Å². The quantitative estimate of drug-likeness (QED) is 0.0345. The molecule has 0 heterocycles. The number of hydrogen-bond donors (Lipinski definition) is 0. The molecule has 0 aromatic heterocycles. The number of rotatable bonds is 52. The van der Waals surface area contributed by atoms with Crippen LogP contribution in [0.2, 0.25) is 0 Å². The Morgan fingerprint density at radius 2 is 0.643 bits per heavy atom. The predicted molar refractivity (Wildman–Crippen MR) is 306 cm³/mol. The maximum absolute atomic E-state index is 12.9. The molecule has 0 aromatic rings. The molecule has 70 heavy (non-hydrogen) atoms. The zero-order chi connectivity index (χ0) is 50.6. The molecule has 5 heteroatoms. The van der Waals surface area contributed by atoms with Crippen LogP contribution in [0.25, 0.3) is 0 Å². The third-order valence-corrected chi connectivity index (χ3v) is 12.0. The summed E-state index contributed by atoms with van der Waals surface area (Å²) in [5.74, 6) is -0.439. The van der Waals surface area contributed by atoms with Gasteiger partial charge in [0.1, 0.15) is 6.61 Å². The van der Waals surface area contributed by atoms with Crippen molar-refractivity contribution in [1.29, 1.82) is 0 Å². The second-order valence-corrected chi connectivity index (χ2v) is 18.8. The third kappa shape index (κ3) is 56.9. The highest BCUT2D eigenvalue weighted by Crippen LogP contribution is 2.14. The van der Waals surface area contributed by atoms with Gasteiger partial charge in [0.2, 0.25) is 0 Å². The number of hydrogen-bond acceptors (Lipinski definition) is 5. The molecule has 0 saturated heterocycles. The molecule has 0 aromatic carbocycles. The molecule has 0 aliphatic heterocycles. The Morgan fingerprint density at radius 1 is 0.329 bits per heavy atom. The molecule has 0 N–H and O–H groups in total. The fourth-order valence-corrected chi connectivity index (χ4v) is 7.70. The number of allylic oxidation sites excluding steroid dienone is 20. The van der Waals surface area contributed by atoms with Crippen molar-refractivity contribution in [2.75, 3.05) is 19.8 Å². The molecule has 0 amide bonds. The lowest BCUT2D eigenvalue weighted by Gasteiger charge is -2.18. The van der Waals surface area contributed by atoms with Gasteiger partial charge in [-0.2, -0.15) is 0 Å². The average molecular weight is 970 g/mol. The zero-order valence-electron chi connectivity index (χ0n) is 45.7.